The molecule has 0 saturated heterocycles. The lowest BCUT2D eigenvalue weighted by Gasteiger charge is -2.33. The van der Waals surface area contributed by atoms with Crippen molar-refractivity contribution in [2.75, 3.05) is 17.5 Å². The molecule has 0 bridgehead atoms. The second-order valence-corrected chi connectivity index (χ2v) is 11.9. The van der Waals surface area contributed by atoms with Gasteiger partial charge in [0.1, 0.15) is 18.3 Å². The molecule has 0 unspecified atom stereocenters. The third-order valence-corrected chi connectivity index (χ3v) is 8.69. The number of sulfonamides is 1. The Labute approximate surface area is 244 Å². The Morgan fingerprint density at radius 3 is 2.07 bits per heavy atom. The largest absolute Gasteiger partial charge is 0.494 e. The lowest BCUT2D eigenvalue weighted by Crippen LogP contribution is -2.53. The molecule has 0 saturated carbocycles. The first-order chi connectivity index (χ1) is 19.6. The highest BCUT2D eigenvalue weighted by atomic mass is 32.2. The van der Waals surface area contributed by atoms with Crippen LogP contribution in [0.1, 0.15) is 51.7 Å². The zero-order valence-electron chi connectivity index (χ0n) is 24.5. The van der Waals surface area contributed by atoms with Gasteiger partial charge in [0, 0.05) is 12.6 Å². The van der Waals surface area contributed by atoms with Gasteiger partial charge in [-0.05, 0) is 75.6 Å². The van der Waals surface area contributed by atoms with Gasteiger partial charge < -0.3 is 15.0 Å². The van der Waals surface area contributed by atoms with E-state index in [-0.39, 0.29) is 23.4 Å². The number of nitrogens with zero attached hydrogens (tertiary/aromatic N) is 2. The first-order valence-corrected chi connectivity index (χ1v) is 15.5. The first-order valence-electron chi connectivity index (χ1n) is 14.1. The minimum absolute atomic E-state index is 0.0317. The summed E-state index contributed by atoms with van der Waals surface area (Å²) in [6.07, 6.45) is 1.12. The number of nitrogens with one attached hydrogen (secondary N) is 1. The Morgan fingerprint density at radius 2 is 1.51 bits per heavy atom. The molecule has 0 aliphatic rings. The predicted molar refractivity (Wildman–Crippen MR) is 162 cm³/mol. The highest BCUT2D eigenvalue weighted by Crippen LogP contribution is 2.26. The molecule has 8 nitrogen and oxygen atoms in total. The van der Waals surface area contributed by atoms with E-state index in [2.05, 4.69) is 5.32 Å². The van der Waals surface area contributed by atoms with E-state index in [1.54, 1.807) is 42.5 Å². The third-order valence-electron chi connectivity index (χ3n) is 6.91. The van der Waals surface area contributed by atoms with Crippen molar-refractivity contribution >= 4 is 27.5 Å². The molecule has 41 heavy (non-hydrogen) atoms. The quantitative estimate of drug-likeness (QED) is 0.279. The van der Waals surface area contributed by atoms with Gasteiger partial charge >= 0.3 is 0 Å². The van der Waals surface area contributed by atoms with Gasteiger partial charge in [-0.15, -0.1) is 0 Å². The van der Waals surface area contributed by atoms with Gasteiger partial charge in [0.05, 0.1) is 17.2 Å². The Balaban J connectivity index is 2.02. The highest BCUT2D eigenvalue weighted by Gasteiger charge is 2.34. The summed E-state index contributed by atoms with van der Waals surface area (Å²) in [5.74, 6) is -0.186. The van der Waals surface area contributed by atoms with E-state index in [0.29, 0.717) is 24.5 Å². The van der Waals surface area contributed by atoms with Crippen LogP contribution in [0.5, 0.6) is 5.75 Å². The SMILES string of the molecule is CCOc1ccc(S(=O)(=O)N(CC(=O)N(Cc2ccc(C)cc2)[C@@H](CC)C(=O)N[C@H](C)CC)c2ccccc2)cc1. The van der Waals surface area contributed by atoms with Crippen LogP contribution in [0.2, 0.25) is 0 Å². The molecule has 9 heteroatoms. The Bertz CT molecular complexity index is 1380. The molecule has 3 rings (SSSR count). The van der Waals surface area contributed by atoms with Crippen molar-refractivity contribution in [2.24, 2.45) is 0 Å². The number of hydrogen-bond donors (Lipinski definition) is 1. The van der Waals surface area contributed by atoms with Crippen LogP contribution in [0.4, 0.5) is 5.69 Å². The summed E-state index contributed by atoms with van der Waals surface area (Å²) in [6, 6.07) is 21.6. The number of aryl methyl sites for hydroxylation is 1. The lowest BCUT2D eigenvalue weighted by atomic mass is 10.1. The zero-order chi connectivity index (χ0) is 30.0. The molecule has 2 atom stereocenters. The van der Waals surface area contributed by atoms with Crippen molar-refractivity contribution in [1.82, 2.24) is 10.2 Å². The van der Waals surface area contributed by atoms with E-state index < -0.39 is 28.5 Å². The summed E-state index contributed by atoms with van der Waals surface area (Å²) in [5, 5.41) is 2.99. The summed E-state index contributed by atoms with van der Waals surface area (Å²) in [5.41, 5.74) is 2.27. The number of para-hydroxylation sites is 1. The van der Waals surface area contributed by atoms with Gasteiger partial charge in [-0.3, -0.25) is 13.9 Å². The molecule has 0 spiro atoms. The van der Waals surface area contributed by atoms with Crippen LogP contribution in [0.15, 0.2) is 83.8 Å². The van der Waals surface area contributed by atoms with Crippen molar-refractivity contribution in [2.45, 2.75) is 71.0 Å². The van der Waals surface area contributed by atoms with E-state index in [4.69, 9.17) is 4.74 Å². The third kappa shape index (κ3) is 8.33. The molecule has 1 N–H and O–H groups in total. The standard InChI is InChI=1S/C32H41N3O5S/c1-6-25(5)33-32(37)30(7-2)34(22-26-16-14-24(4)15-17-26)31(36)23-35(27-12-10-9-11-13-27)41(38,39)29-20-18-28(19-21-29)40-8-3/h9-21,25,30H,6-8,22-23H2,1-5H3,(H,33,37)/t25-,30+/m1/s1. The predicted octanol–water partition coefficient (Wildman–Crippen LogP) is 5.31. The summed E-state index contributed by atoms with van der Waals surface area (Å²) < 4.78 is 34.5. The van der Waals surface area contributed by atoms with Crippen LogP contribution in [0.3, 0.4) is 0 Å². The number of ether oxygens (including phenoxy) is 1. The molecule has 3 aromatic rings. The van der Waals surface area contributed by atoms with E-state index >= 15 is 0 Å². The molecule has 0 aromatic heterocycles. The maximum absolute atomic E-state index is 14.1. The minimum Gasteiger partial charge on any atom is -0.494 e. The first kappa shape index (κ1) is 31.7. The zero-order valence-corrected chi connectivity index (χ0v) is 25.4. The molecule has 0 radical (unpaired) electrons. The number of amides is 2. The average Bonchev–Trinajstić information content (AvgIpc) is 2.97. The molecule has 0 aliphatic carbocycles. The Hall–Kier alpha value is -3.85. The van der Waals surface area contributed by atoms with Crippen molar-refractivity contribution in [1.29, 1.82) is 0 Å². The van der Waals surface area contributed by atoms with Crippen LogP contribution in [-0.2, 0) is 26.2 Å². The number of benzene rings is 3. The maximum Gasteiger partial charge on any atom is 0.264 e. The number of carbonyl (C=O) groups excluding carboxylic acids is 2. The van der Waals surface area contributed by atoms with Crippen molar-refractivity contribution in [3.05, 3.63) is 90.0 Å². The van der Waals surface area contributed by atoms with Crippen molar-refractivity contribution in [3.63, 3.8) is 0 Å². The van der Waals surface area contributed by atoms with Crippen LogP contribution in [0.25, 0.3) is 0 Å². The molecular formula is C32H41N3O5S. The van der Waals surface area contributed by atoms with Gasteiger partial charge in [-0.2, -0.15) is 0 Å². The summed E-state index contributed by atoms with van der Waals surface area (Å²) in [4.78, 5) is 29.0. The summed E-state index contributed by atoms with van der Waals surface area (Å²) >= 11 is 0. The fraction of sp³-hybridized carbons (Fsp3) is 0.375. The van der Waals surface area contributed by atoms with Crippen LogP contribution in [-0.4, -0.2) is 50.4 Å². The van der Waals surface area contributed by atoms with Crippen LogP contribution >= 0.6 is 0 Å². The average molecular weight is 580 g/mol. The smallest absolute Gasteiger partial charge is 0.264 e. The summed E-state index contributed by atoms with van der Waals surface area (Å²) in [7, 11) is -4.14. The Morgan fingerprint density at radius 1 is 0.878 bits per heavy atom. The number of hydrogen-bond acceptors (Lipinski definition) is 5. The van der Waals surface area contributed by atoms with Gasteiger partial charge in [-0.1, -0.05) is 61.9 Å². The van der Waals surface area contributed by atoms with Gasteiger partial charge in [0.25, 0.3) is 10.0 Å². The van der Waals surface area contributed by atoms with Crippen LogP contribution in [0, 0.1) is 6.92 Å². The van der Waals surface area contributed by atoms with Crippen LogP contribution < -0.4 is 14.4 Å². The maximum atomic E-state index is 14.1. The number of carbonyl (C=O) groups is 2. The molecule has 0 fully saturated rings. The van der Waals surface area contributed by atoms with E-state index in [0.717, 1.165) is 21.9 Å². The monoisotopic (exact) mass is 579 g/mol. The van der Waals surface area contributed by atoms with Crippen molar-refractivity contribution < 1.29 is 22.7 Å². The molecule has 0 heterocycles. The molecule has 220 valence electrons. The molecule has 2 amide bonds. The van der Waals surface area contributed by atoms with Gasteiger partial charge in [-0.25, -0.2) is 8.42 Å². The number of anilines is 1. The van der Waals surface area contributed by atoms with Crippen molar-refractivity contribution in [3.8, 4) is 5.75 Å². The lowest BCUT2D eigenvalue weighted by molar-refractivity contribution is -0.140. The second kappa shape index (κ2) is 14.7. The molecular weight excluding hydrogens is 538 g/mol. The molecule has 3 aromatic carbocycles. The summed E-state index contributed by atoms with van der Waals surface area (Å²) in [6.45, 7) is 9.71. The molecule has 0 aliphatic heterocycles. The number of rotatable bonds is 14. The van der Waals surface area contributed by atoms with Gasteiger partial charge in [0.2, 0.25) is 11.8 Å². The second-order valence-electron chi connectivity index (χ2n) is 10.0. The normalized spacial score (nSPS) is 12.7. The Kier molecular flexibility index (Phi) is 11.3. The fourth-order valence-corrected chi connectivity index (χ4v) is 5.79. The fourth-order valence-electron chi connectivity index (χ4n) is 4.38. The minimum atomic E-state index is -4.14. The van der Waals surface area contributed by atoms with E-state index in [1.807, 2.05) is 58.9 Å². The van der Waals surface area contributed by atoms with E-state index in [1.165, 1.54) is 17.0 Å². The van der Waals surface area contributed by atoms with E-state index in [9.17, 15) is 18.0 Å². The highest BCUT2D eigenvalue weighted by molar-refractivity contribution is 7.92. The van der Waals surface area contributed by atoms with Gasteiger partial charge in [0.15, 0.2) is 0 Å². The topological polar surface area (TPSA) is 96.0 Å².